The second-order valence-electron chi connectivity index (χ2n) is 4.05. The summed E-state index contributed by atoms with van der Waals surface area (Å²) >= 11 is 3.39. The molecule has 18 heavy (non-hydrogen) atoms. The van der Waals surface area contributed by atoms with Gasteiger partial charge in [0.15, 0.2) is 0 Å². The fourth-order valence-corrected chi connectivity index (χ4v) is 2.04. The number of aromatic nitrogens is 2. The van der Waals surface area contributed by atoms with Crippen LogP contribution in [0.2, 0.25) is 0 Å². The molecule has 0 aliphatic rings. The van der Waals surface area contributed by atoms with Crippen molar-refractivity contribution in [2.45, 2.75) is 12.8 Å². The van der Waals surface area contributed by atoms with Crippen LogP contribution < -0.4 is 0 Å². The number of carbonyl (C=O) groups is 1. The maximum absolute atomic E-state index is 10.5. The van der Waals surface area contributed by atoms with Crippen molar-refractivity contribution in [1.82, 2.24) is 9.78 Å². The number of hydrogen-bond donors (Lipinski definition) is 1. The van der Waals surface area contributed by atoms with Gasteiger partial charge in [-0.25, -0.2) is 0 Å². The second-order valence-corrected chi connectivity index (χ2v) is 4.96. The van der Waals surface area contributed by atoms with E-state index in [0.717, 1.165) is 21.4 Å². The molecule has 0 aliphatic carbocycles. The van der Waals surface area contributed by atoms with Crippen molar-refractivity contribution in [3.63, 3.8) is 0 Å². The molecule has 0 atom stereocenters. The van der Waals surface area contributed by atoms with E-state index in [9.17, 15) is 4.79 Å². The zero-order valence-electron chi connectivity index (χ0n) is 9.93. The molecule has 4 nitrogen and oxygen atoms in total. The third kappa shape index (κ3) is 2.98. The average Bonchev–Trinajstić information content (AvgIpc) is 2.69. The minimum atomic E-state index is -0.800. The molecule has 0 saturated heterocycles. The lowest BCUT2D eigenvalue weighted by Gasteiger charge is -2.01. The maximum atomic E-state index is 10.5. The molecule has 0 bridgehead atoms. The Bertz CT molecular complexity index is 561. The summed E-state index contributed by atoms with van der Waals surface area (Å²) in [6.45, 7) is 0. The summed E-state index contributed by atoms with van der Waals surface area (Å²) in [7, 11) is 1.86. The molecule has 0 spiro atoms. The van der Waals surface area contributed by atoms with Gasteiger partial charge >= 0.3 is 5.97 Å². The number of hydrogen-bond acceptors (Lipinski definition) is 2. The lowest BCUT2D eigenvalue weighted by molar-refractivity contribution is -0.136. The van der Waals surface area contributed by atoms with Gasteiger partial charge in [-0.05, 0) is 23.8 Å². The highest BCUT2D eigenvalue weighted by molar-refractivity contribution is 9.10. The summed E-state index contributed by atoms with van der Waals surface area (Å²) in [5.41, 5.74) is 2.86. The molecular formula is C13H13BrN2O2. The summed E-state index contributed by atoms with van der Waals surface area (Å²) < 4.78 is 2.81. The standard InChI is InChI=1S/C13H13BrN2O2/c1-16-12(9-2-4-10(14)5-3-9)8-11(15-16)6-7-13(17)18/h2-5,8H,6-7H2,1H3,(H,17,18). The highest BCUT2D eigenvalue weighted by atomic mass is 79.9. The Hall–Kier alpha value is -1.62. The molecule has 1 N–H and O–H groups in total. The van der Waals surface area contributed by atoms with Crippen molar-refractivity contribution in [3.05, 3.63) is 40.5 Å². The highest BCUT2D eigenvalue weighted by Crippen LogP contribution is 2.22. The first-order valence-electron chi connectivity index (χ1n) is 5.57. The Balaban J connectivity index is 2.23. The Morgan fingerprint density at radius 1 is 1.39 bits per heavy atom. The summed E-state index contributed by atoms with van der Waals surface area (Å²) in [4.78, 5) is 10.5. The summed E-state index contributed by atoms with van der Waals surface area (Å²) in [5.74, 6) is -0.800. The van der Waals surface area contributed by atoms with Crippen LogP contribution in [0.25, 0.3) is 11.3 Å². The molecule has 0 fully saturated rings. The number of halogens is 1. The average molecular weight is 309 g/mol. The molecule has 1 aromatic heterocycles. The monoisotopic (exact) mass is 308 g/mol. The van der Waals surface area contributed by atoms with Crippen LogP contribution in [0.3, 0.4) is 0 Å². The smallest absolute Gasteiger partial charge is 0.303 e. The molecule has 0 radical (unpaired) electrons. The molecule has 0 saturated carbocycles. The number of carboxylic acid groups (broad SMARTS) is 1. The molecule has 2 rings (SSSR count). The molecular weight excluding hydrogens is 296 g/mol. The van der Waals surface area contributed by atoms with Crippen molar-refractivity contribution < 1.29 is 9.90 Å². The third-order valence-corrected chi connectivity index (χ3v) is 3.19. The first-order valence-corrected chi connectivity index (χ1v) is 6.36. The number of rotatable bonds is 4. The topological polar surface area (TPSA) is 55.1 Å². The first kappa shape index (κ1) is 12.8. The largest absolute Gasteiger partial charge is 0.481 e. The SMILES string of the molecule is Cn1nc(CCC(=O)O)cc1-c1ccc(Br)cc1. The van der Waals surface area contributed by atoms with Crippen LogP contribution in [-0.2, 0) is 18.3 Å². The Labute approximate surface area is 113 Å². The Morgan fingerprint density at radius 3 is 2.67 bits per heavy atom. The molecule has 0 unspecified atom stereocenters. The van der Waals surface area contributed by atoms with Crippen molar-refractivity contribution >= 4 is 21.9 Å². The van der Waals surface area contributed by atoms with Crippen molar-refractivity contribution in [2.75, 3.05) is 0 Å². The zero-order valence-corrected chi connectivity index (χ0v) is 11.5. The van der Waals surface area contributed by atoms with E-state index < -0.39 is 5.97 Å². The zero-order chi connectivity index (χ0) is 13.1. The number of aliphatic carboxylic acids is 1. The van der Waals surface area contributed by atoms with Crippen LogP contribution in [0.15, 0.2) is 34.8 Å². The van der Waals surface area contributed by atoms with E-state index in [1.54, 1.807) is 4.68 Å². The normalized spacial score (nSPS) is 10.6. The van der Waals surface area contributed by atoms with Crippen LogP contribution in [0.5, 0.6) is 0 Å². The van der Waals surface area contributed by atoms with E-state index in [1.165, 1.54) is 0 Å². The molecule has 2 aromatic rings. The lowest BCUT2D eigenvalue weighted by atomic mass is 10.1. The maximum Gasteiger partial charge on any atom is 0.303 e. The van der Waals surface area contributed by atoms with Gasteiger partial charge in [0.25, 0.3) is 0 Å². The number of aryl methyl sites for hydroxylation is 2. The first-order chi connectivity index (χ1) is 8.56. The fraction of sp³-hybridized carbons (Fsp3) is 0.231. The van der Waals surface area contributed by atoms with Crippen LogP contribution in [0.1, 0.15) is 12.1 Å². The minimum absolute atomic E-state index is 0.108. The summed E-state index contributed by atoms with van der Waals surface area (Å²) in [6, 6.07) is 9.88. The molecule has 1 heterocycles. The quantitative estimate of drug-likeness (QED) is 0.945. The highest BCUT2D eigenvalue weighted by Gasteiger charge is 2.08. The van der Waals surface area contributed by atoms with Crippen LogP contribution in [-0.4, -0.2) is 20.9 Å². The van der Waals surface area contributed by atoms with E-state index in [2.05, 4.69) is 21.0 Å². The number of nitrogens with zero attached hydrogens (tertiary/aromatic N) is 2. The Morgan fingerprint density at radius 2 is 2.06 bits per heavy atom. The van der Waals surface area contributed by atoms with Gasteiger partial charge < -0.3 is 5.11 Å². The Kier molecular flexibility index (Phi) is 3.81. The molecule has 0 amide bonds. The van der Waals surface area contributed by atoms with Crippen molar-refractivity contribution in [3.8, 4) is 11.3 Å². The number of carboxylic acids is 1. The molecule has 5 heteroatoms. The molecule has 94 valence electrons. The fourth-order valence-electron chi connectivity index (χ4n) is 1.77. The summed E-state index contributed by atoms with van der Waals surface area (Å²) in [6.07, 6.45) is 0.566. The van der Waals surface area contributed by atoms with Crippen LogP contribution >= 0.6 is 15.9 Å². The predicted octanol–water partition coefficient (Wildman–Crippen LogP) is 2.87. The number of benzene rings is 1. The molecule has 0 aliphatic heterocycles. The van der Waals surface area contributed by atoms with E-state index in [-0.39, 0.29) is 6.42 Å². The van der Waals surface area contributed by atoms with Gasteiger partial charge in [-0.2, -0.15) is 5.10 Å². The molecule has 1 aromatic carbocycles. The van der Waals surface area contributed by atoms with E-state index in [4.69, 9.17) is 5.11 Å². The predicted molar refractivity (Wildman–Crippen MR) is 72.3 cm³/mol. The van der Waals surface area contributed by atoms with Gasteiger partial charge in [-0.15, -0.1) is 0 Å². The second kappa shape index (κ2) is 5.35. The van der Waals surface area contributed by atoms with Gasteiger partial charge in [0.2, 0.25) is 0 Å². The van der Waals surface area contributed by atoms with Gasteiger partial charge in [-0.1, -0.05) is 28.1 Å². The lowest BCUT2D eigenvalue weighted by Crippen LogP contribution is -1.99. The van der Waals surface area contributed by atoms with E-state index >= 15 is 0 Å². The van der Waals surface area contributed by atoms with Crippen LogP contribution in [0.4, 0.5) is 0 Å². The van der Waals surface area contributed by atoms with E-state index in [0.29, 0.717) is 6.42 Å². The van der Waals surface area contributed by atoms with Crippen molar-refractivity contribution in [1.29, 1.82) is 0 Å². The van der Waals surface area contributed by atoms with Crippen LogP contribution in [0, 0.1) is 0 Å². The third-order valence-electron chi connectivity index (χ3n) is 2.67. The van der Waals surface area contributed by atoms with Gasteiger partial charge in [0.1, 0.15) is 0 Å². The summed E-state index contributed by atoms with van der Waals surface area (Å²) in [5, 5.41) is 13.0. The van der Waals surface area contributed by atoms with Gasteiger partial charge in [0, 0.05) is 17.9 Å². The van der Waals surface area contributed by atoms with Gasteiger partial charge in [0.05, 0.1) is 17.8 Å². The van der Waals surface area contributed by atoms with Crippen molar-refractivity contribution in [2.24, 2.45) is 7.05 Å². The van der Waals surface area contributed by atoms with Gasteiger partial charge in [-0.3, -0.25) is 9.48 Å². The van der Waals surface area contributed by atoms with E-state index in [1.807, 2.05) is 37.4 Å². The minimum Gasteiger partial charge on any atom is -0.481 e.